The summed E-state index contributed by atoms with van der Waals surface area (Å²) in [5.41, 5.74) is 5.66. The van der Waals surface area contributed by atoms with Crippen molar-refractivity contribution in [3.05, 3.63) is 28.9 Å². The zero-order chi connectivity index (χ0) is 19.7. The summed E-state index contributed by atoms with van der Waals surface area (Å²) in [7, 11) is 0. The van der Waals surface area contributed by atoms with Gasteiger partial charge in [-0.1, -0.05) is 6.08 Å². The monoisotopic (exact) mass is 430 g/mol. The summed E-state index contributed by atoms with van der Waals surface area (Å²) in [4.78, 5) is 52.1. The number of nitrogens with two attached hydrogens (primary N) is 1. The molecule has 0 aromatic carbocycles. The standard InChI is InChI=1S/C15H14N4O6S2.H2O.H2/c16-15-17-7(5-27-15)6(1-2-9(20)21)11(22)18-10-12(23)19-8(14(24)25)3-4-26-13(10)19;;/h1,3,5,10,13H,2,4H2,(H2,16,17)(H,18,22)(H,20,21)(H,24,25);1H2;1H/b6-1-;;/t10-,13-;;/m1../s1. The zero-order valence-corrected chi connectivity index (χ0v) is 15.7. The summed E-state index contributed by atoms with van der Waals surface area (Å²) < 4.78 is 0. The Morgan fingerprint density at radius 3 is 2.71 bits per heavy atom. The second-order valence-electron chi connectivity index (χ2n) is 5.56. The predicted molar refractivity (Wildman–Crippen MR) is 103 cm³/mol. The number of aliphatic carboxylic acids is 2. The molecule has 1 fully saturated rings. The molecule has 1 saturated heterocycles. The predicted octanol–water partition coefficient (Wildman–Crippen LogP) is -0.627. The van der Waals surface area contributed by atoms with Crippen molar-refractivity contribution in [3.63, 3.8) is 0 Å². The highest BCUT2D eigenvalue weighted by Crippen LogP contribution is 2.37. The van der Waals surface area contributed by atoms with Gasteiger partial charge < -0.3 is 26.7 Å². The second kappa shape index (κ2) is 8.41. The van der Waals surface area contributed by atoms with Crippen molar-refractivity contribution >= 4 is 57.6 Å². The van der Waals surface area contributed by atoms with Crippen LogP contribution in [0.5, 0.6) is 0 Å². The van der Waals surface area contributed by atoms with Crippen LogP contribution in [0.4, 0.5) is 5.13 Å². The number of thiazole rings is 1. The number of carboxylic acids is 2. The third-order valence-corrected chi connectivity index (χ3v) is 5.73. The maximum atomic E-state index is 12.6. The van der Waals surface area contributed by atoms with Gasteiger partial charge in [-0.3, -0.25) is 19.3 Å². The molecule has 0 radical (unpaired) electrons. The van der Waals surface area contributed by atoms with Gasteiger partial charge in [-0.15, -0.1) is 23.1 Å². The quantitative estimate of drug-likeness (QED) is 0.336. The number of nitrogen functional groups attached to an aromatic ring is 1. The van der Waals surface area contributed by atoms with E-state index in [4.69, 9.17) is 15.9 Å². The highest BCUT2D eigenvalue weighted by Gasteiger charge is 2.52. The van der Waals surface area contributed by atoms with Gasteiger partial charge in [-0.05, 0) is 6.08 Å². The molecule has 7 N–H and O–H groups in total. The molecule has 0 bridgehead atoms. The molecule has 0 unspecified atom stereocenters. The van der Waals surface area contributed by atoms with Crippen LogP contribution in [0.1, 0.15) is 13.5 Å². The Hall–Kier alpha value is -2.90. The summed E-state index contributed by atoms with van der Waals surface area (Å²) >= 11 is 2.41. The minimum absolute atomic E-state index is 0. The highest BCUT2D eigenvalue weighted by atomic mass is 32.2. The number of carbonyl (C=O) groups is 4. The Kier molecular flexibility index (Phi) is 6.43. The van der Waals surface area contributed by atoms with E-state index in [1.165, 1.54) is 29.3 Å². The number of rotatable bonds is 6. The van der Waals surface area contributed by atoms with E-state index in [0.29, 0.717) is 5.75 Å². The maximum Gasteiger partial charge on any atom is 0.352 e. The van der Waals surface area contributed by atoms with Crippen molar-refractivity contribution in [1.29, 1.82) is 0 Å². The molecular weight excluding hydrogens is 412 g/mol. The lowest BCUT2D eigenvalue weighted by Crippen LogP contribution is -2.70. The number of hydrogen-bond donors (Lipinski definition) is 4. The van der Waals surface area contributed by atoms with Gasteiger partial charge in [0.05, 0.1) is 17.7 Å². The van der Waals surface area contributed by atoms with Gasteiger partial charge in [-0.25, -0.2) is 9.78 Å². The van der Waals surface area contributed by atoms with Gasteiger partial charge in [0, 0.05) is 12.6 Å². The maximum absolute atomic E-state index is 12.6. The average Bonchev–Trinajstić information content (AvgIpc) is 3.04. The molecule has 28 heavy (non-hydrogen) atoms. The number of amides is 2. The van der Waals surface area contributed by atoms with Crippen molar-refractivity contribution in [1.82, 2.24) is 15.2 Å². The van der Waals surface area contributed by atoms with Gasteiger partial charge in [0.2, 0.25) is 0 Å². The summed E-state index contributed by atoms with van der Waals surface area (Å²) in [6, 6.07) is -0.908. The largest absolute Gasteiger partial charge is 0.481 e. The minimum Gasteiger partial charge on any atom is -0.481 e. The molecule has 0 spiro atoms. The molecular formula is C15H18N4O7S2. The number of aromatic nitrogens is 1. The molecule has 3 heterocycles. The number of thioether (sulfide) groups is 1. The number of carboxylic acid groups (broad SMARTS) is 2. The SMILES string of the molecule is Nc1nc(/C(=C/CC(=O)O)C(=O)N[C@@H]2C(=O)N3C(C(=O)O)=CCS[C@H]23)cs1.O.[HH]. The van der Waals surface area contributed by atoms with Crippen LogP contribution in [0.15, 0.2) is 23.2 Å². The Bertz CT molecular complexity index is 901. The minimum atomic E-state index is -1.21. The van der Waals surface area contributed by atoms with E-state index in [-0.39, 0.29) is 29.0 Å². The van der Waals surface area contributed by atoms with Gasteiger partial charge in [0.25, 0.3) is 11.8 Å². The van der Waals surface area contributed by atoms with Crippen LogP contribution < -0.4 is 11.1 Å². The Morgan fingerprint density at radius 1 is 1.43 bits per heavy atom. The number of β-lactam (4-membered cyclic amide) rings is 1. The number of anilines is 1. The van der Waals surface area contributed by atoms with Gasteiger partial charge in [0.15, 0.2) is 5.13 Å². The van der Waals surface area contributed by atoms with E-state index < -0.39 is 41.6 Å². The summed E-state index contributed by atoms with van der Waals surface area (Å²) in [6.45, 7) is 0. The smallest absolute Gasteiger partial charge is 0.352 e. The molecule has 1 aromatic rings. The summed E-state index contributed by atoms with van der Waals surface area (Å²) in [5.74, 6) is -3.16. The van der Waals surface area contributed by atoms with Crippen molar-refractivity contribution < 1.29 is 36.3 Å². The third kappa shape index (κ3) is 4.00. The molecule has 3 rings (SSSR count). The van der Waals surface area contributed by atoms with Crippen molar-refractivity contribution in [2.75, 3.05) is 11.5 Å². The highest BCUT2D eigenvalue weighted by molar-refractivity contribution is 8.00. The number of hydrogen-bond acceptors (Lipinski definition) is 8. The van der Waals surface area contributed by atoms with E-state index in [1.54, 1.807) is 0 Å². The number of nitrogens with one attached hydrogen (secondary N) is 1. The number of nitrogens with zero attached hydrogens (tertiary/aromatic N) is 2. The fraction of sp³-hybridized carbons (Fsp3) is 0.267. The van der Waals surface area contributed by atoms with Crippen LogP contribution in [0.2, 0.25) is 0 Å². The Morgan fingerprint density at radius 2 is 2.14 bits per heavy atom. The van der Waals surface area contributed by atoms with Crippen molar-refractivity contribution in [2.45, 2.75) is 17.8 Å². The molecule has 0 saturated carbocycles. The fourth-order valence-electron chi connectivity index (χ4n) is 2.67. The molecule has 2 aliphatic rings. The molecule has 11 nitrogen and oxygen atoms in total. The summed E-state index contributed by atoms with van der Waals surface area (Å²) in [6.07, 6.45) is 2.23. The number of carbonyl (C=O) groups excluding carboxylic acids is 2. The molecule has 0 aliphatic carbocycles. The van der Waals surface area contributed by atoms with Crippen molar-refractivity contribution in [2.24, 2.45) is 0 Å². The summed E-state index contributed by atoms with van der Waals surface area (Å²) in [5, 5.41) is 21.8. The molecule has 2 aliphatic heterocycles. The van der Waals surface area contributed by atoms with Crippen LogP contribution in [0.25, 0.3) is 5.57 Å². The number of fused-ring (bicyclic) bond motifs is 1. The average molecular weight is 430 g/mol. The molecule has 2 amide bonds. The van der Waals surface area contributed by atoms with E-state index in [0.717, 1.165) is 16.2 Å². The third-order valence-electron chi connectivity index (χ3n) is 3.88. The van der Waals surface area contributed by atoms with E-state index in [2.05, 4.69) is 10.3 Å². The lowest BCUT2D eigenvalue weighted by molar-refractivity contribution is -0.150. The van der Waals surface area contributed by atoms with Gasteiger partial charge >= 0.3 is 11.9 Å². The van der Waals surface area contributed by atoms with Gasteiger partial charge in [-0.2, -0.15) is 0 Å². The van der Waals surface area contributed by atoms with Crippen LogP contribution in [0, 0.1) is 0 Å². The van der Waals surface area contributed by atoms with Crippen LogP contribution in [0.3, 0.4) is 0 Å². The molecule has 2 atom stereocenters. The van der Waals surface area contributed by atoms with Crippen molar-refractivity contribution in [3.8, 4) is 0 Å². The first-order chi connectivity index (χ1) is 12.8. The normalized spacial score (nSPS) is 21.0. The zero-order valence-electron chi connectivity index (χ0n) is 14.1. The van der Waals surface area contributed by atoms with Crippen LogP contribution in [-0.4, -0.2) is 66.5 Å². The first-order valence-electron chi connectivity index (χ1n) is 7.62. The first-order valence-corrected chi connectivity index (χ1v) is 9.54. The van der Waals surface area contributed by atoms with Crippen LogP contribution >= 0.6 is 23.1 Å². The fourth-order valence-corrected chi connectivity index (χ4v) is 4.43. The lowest BCUT2D eigenvalue weighted by Gasteiger charge is -2.48. The second-order valence-corrected chi connectivity index (χ2v) is 7.60. The molecule has 13 heteroatoms. The van der Waals surface area contributed by atoms with Gasteiger partial charge in [0.1, 0.15) is 17.1 Å². The van der Waals surface area contributed by atoms with E-state index in [1.807, 2.05) is 0 Å². The molecule has 152 valence electrons. The molecule has 1 aromatic heterocycles. The van der Waals surface area contributed by atoms with E-state index >= 15 is 0 Å². The Labute approximate surface area is 167 Å². The topological polar surface area (TPSA) is 194 Å². The Balaban J connectivity index is 0.00000210. The van der Waals surface area contributed by atoms with E-state index in [9.17, 15) is 19.2 Å². The van der Waals surface area contributed by atoms with Crippen LogP contribution in [-0.2, 0) is 19.2 Å². The first kappa shape index (κ1) is 21.4. The lowest BCUT2D eigenvalue weighted by atomic mass is 10.0.